The number of hydrogen-bond acceptors (Lipinski definition) is 6. The summed E-state index contributed by atoms with van der Waals surface area (Å²) in [5.41, 5.74) is 0. The zero-order valence-electron chi connectivity index (χ0n) is 36.2. The summed E-state index contributed by atoms with van der Waals surface area (Å²) in [6, 6.07) is 0. The fourth-order valence-corrected chi connectivity index (χ4v) is 6.33. The quantitative estimate of drug-likeness (QED) is 0.0267. The first-order valence-electron chi connectivity index (χ1n) is 23.1. The van der Waals surface area contributed by atoms with Gasteiger partial charge in [-0.3, -0.25) is 14.4 Å². The number of rotatable bonds is 41. The molecule has 0 aliphatic carbocycles. The van der Waals surface area contributed by atoms with E-state index in [4.69, 9.17) is 14.2 Å². The van der Waals surface area contributed by atoms with E-state index in [0.29, 0.717) is 19.3 Å². The van der Waals surface area contributed by atoms with Crippen molar-refractivity contribution in [3.63, 3.8) is 0 Å². The highest BCUT2D eigenvalue weighted by atomic mass is 16.6. The minimum atomic E-state index is -0.779. The largest absolute Gasteiger partial charge is 0.462 e. The van der Waals surface area contributed by atoms with Gasteiger partial charge in [-0.2, -0.15) is 0 Å². The van der Waals surface area contributed by atoms with Crippen LogP contribution in [-0.4, -0.2) is 37.2 Å². The van der Waals surface area contributed by atoms with Crippen LogP contribution >= 0.6 is 0 Å². The Balaban J connectivity index is 4.37. The molecule has 6 nitrogen and oxygen atoms in total. The first-order chi connectivity index (χ1) is 27.0. The van der Waals surface area contributed by atoms with Crippen LogP contribution in [-0.2, 0) is 28.6 Å². The third kappa shape index (κ3) is 42.4. The maximum Gasteiger partial charge on any atom is 0.306 e. The molecule has 0 amide bonds. The monoisotopic (exact) mass is 771 g/mol. The molecule has 1 unspecified atom stereocenters. The molecule has 0 spiro atoms. The predicted octanol–water partition coefficient (Wildman–Crippen LogP) is 14.8. The Kier molecular flexibility index (Phi) is 42.0. The molecule has 0 aromatic heterocycles. The molecule has 0 N–H and O–H groups in total. The molecule has 0 aliphatic rings. The summed E-state index contributed by atoms with van der Waals surface area (Å²) in [6.07, 6.45) is 50.9. The predicted molar refractivity (Wildman–Crippen MR) is 233 cm³/mol. The fourth-order valence-electron chi connectivity index (χ4n) is 6.33. The van der Waals surface area contributed by atoms with Crippen molar-refractivity contribution in [2.75, 3.05) is 13.2 Å². The molecule has 0 saturated carbocycles. The maximum absolute atomic E-state index is 12.7. The average Bonchev–Trinajstić information content (AvgIpc) is 3.18. The summed E-state index contributed by atoms with van der Waals surface area (Å²) in [6.45, 7) is 6.46. The number of allylic oxidation sites excluding steroid dienone is 8. The third-order valence-electron chi connectivity index (χ3n) is 9.82. The highest BCUT2D eigenvalue weighted by molar-refractivity contribution is 5.71. The van der Waals surface area contributed by atoms with Crippen LogP contribution in [0.1, 0.15) is 226 Å². The zero-order valence-corrected chi connectivity index (χ0v) is 36.2. The smallest absolute Gasteiger partial charge is 0.306 e. The molecule has 0 aliphatic heterocycles. The van der Waals surface area contributed by atoms with E-state index < -0.39 is 6.10 Å². The van der Waals surface area contributed by atoms with E-state index in [-0.39, 0.29) is 31.1 Å². The molecule has 0 saturated heterocycles. The number of carbonyl (C=O) groups is 3. The van der Waals surface area contributed by atoms with E-state index in [2.05, 4.69) is 69.4 Å². The van der Waals surface area contributed by atoms with Crippen LogP contribution in [0.4, 0.5) is 0 Å². The van der Waals surface area contributed by atoms with Crippen molar-refractivity contribution < 1.29 is 28.6 Å². The number of hydrogen-bond donors (Lipinski definition) is 0. The van der Waals surface area contributed by atoms with Crippen LogP contribution in [0.15, 0.2) is 48.6 Å². The van der Waals surface area contributed by atoms with Crippen molar-refractivity contribution in [1.82, 2.24) is 0 Å². The van der Waals surface area contributed by atoms with E-state index in [1.807, 2.05) is 0 Å². The van der Waals surface area contributed by atoms with Crippen molar-refractivity contribution in [2.45, 2.75) is 232 Å². The molecule has 55 heavy (non-hydrogen) atoms. The SMILES string of the molecule is CC/C=C\C/C=C\C/C=C\CCCCCCCC(=O)OCC(COC(=O)CCCCCCCCCC)OC(=O)CCCCCCC/C=C\CCCCCCC. The number of ether oxygens (including phenoxy) is 3. The van der Waals surface area contributed by atoms with Gasteiger partial charge >= 0.3 is 17.9 Å². The van der Waals surface area contributed by atoms with Crippen LogP contribution in [0.25, 0.3) is 0 Å². The summed E-state index contributed by atoms with van der Waals surface area (Å²) in [7, 11) is 0. The highest BCUT2D eigenvalue weighted by Crippen LogP contribution is 2.13. The van der Waals surface area contributed by atoms with E-state index in [1.165, 1.54) is 77.0 Å². The van der Waals surface area contributed by atoms with Crippen molar-refractivity contribution in [3.8, 4) is 0 Å². The Labute approximate surface area is 339 Å². The Morgan fingerprint density at radius 1 is 0.382 bits per heavy atom. The molecule has 0 aromatic rings. The molecule has 0 bridgehead atoms. The van der Waals surface area contributed by atoms with Gasteiger partial charge in [-0.25, -0.2) is 0 Å². The van der Waals surface area contributed by atoms with Crippen LogP contribution in [0.3, 0.4) is 0 Å². The number of carbonyl (C=O) groups excluding carboxylic acids is 3. The van der Waals surface area contributed by atoms with Gasteiger partial charge in [-0.1, -0.05) is 179 Å². The van der Waals surface area contributed by atoms with E-state index in [1.54, 1.807) is 0 Å². The van der Waals surface area contributed by atoms with Gasteiger partial charge in [-0.05, 0) is 77.0 Å². The van der Waals surface area contributed by atoms with Crippen molar-refractivity contribution in [3.05, 3.63) is 48.6 Å². The summed E-state index contributed by atoms with van der Waals surface area (Å²) >= 11 is 0. The Morgan fingerprint density at radius 2 is 0.709 bits per heavy atom. The minimum absolute atomic E-state index is 0.0812. The van der Waals surface area contributed by atoms with Crippen LogP contribution in [0, 0.1) is 0 Å². The van der Waals surface area contributed by atoms with Crippen molar-refractivity contribution in [2.24, 2.45) is 0 Å². The average molecular weight is 771 g/mol. The van der Waals surface area contributed by atoms with Crippen LogP contribution in [0.2, 0.25) is 0 Å². The molecular formula is C49H86O6. The van der Waals surface area contributed by atoms with Crippen LogP contribution in [0.5, 0.6) is 0 Å². The molecule has 0 heterocycles. The second kappa shape index (κ2) is 44.1. The molecule has 0 fully saturated rings. The Morgan fingerprint density at radius 3 is 1.13 bits per heavy atom. The summed E-state index contributed by atoms with van der Waals surface area (Å²) < 4.78 is 16.7. The first kappa shape index (κ1) is 52.4. The second-order valence-corrected chi connectivity index (χ2v) is 15.3. The zero-order chi connectivity index (χ0) is 40.1. The molecule has 1 atom stereocenters. The molecule has 6 heteroatoms. The second-order valence-electron chi connectivity index (χ2n) is 15.3. The number of unbranched alkanes of at least 4 members (excludes halogenated alkanes) is 22. The standard InChI is InChI=1S/C49H86O6/c1-4-7-10-13-16-19-21-23-25-27-28-30-33-36-39-42-48(51)54-45-46(44-53-47(50)41-38-35-32-18-15-12-9-6-3)55-49(52)43-40-37-34-31-29-26-24-22-20-17-14-11-8-5-2/h7,10,16,19,22-25,46H,4-6,8-9,11-15,17-18,20-21,26-45H2,1-3H3/b10-7-,19-16-,24-22-,25-23-. The molecule has 318 valence electrons. The van der Waals surface area contributed by atoms with E-state index in [9.17, 15) is 14.4 Å². The summed E-state index contributed by atoms with van der Waals surface area (Å²) in [5, 5.41) is 0. The molecular weight excluding hydrogens is 685 g/mol. The summed E-state index contributed by atoms with van der Waals surface area (Å²) in [4.78, 5) is 37.7. The minimum Gasteiger partial charge on any atom is -0.462 e. The number of esters is 3. The van der Waals surface area contributed by atoms with Crippen molar-refractivity contribution >= 4 is 17.9 Å². The van der Waals surface area contributed by atoms with Gasteiger partial charge in [0.15, 0.2) is 6.10 Å². The normalized spacial score (nSPS) is 12.4. The lowest BCUT2D eigenvalue weighted by molar-refractivity contribution is -0.167. The third-order valence-corrected chi connectivity index (χ3v) is 9.82. The lowest BCUT2D eigenvalue weighted by Gasteiger charge is -2.18. The molecule has 0 radical (unpaired) electrons. The highest BCUT2D eigenvalue weighted by Gasteiger charge is 2.19. The first-order valence-corrected chi connectivity index (χ1v) is 23.1. The van der Waals surface area contributed by atoms with Gasteiger partial charge in [0.25, 0.3) is 0 Å². The fraction of sp³-hybridized carbons (Fsp3) is 0.776. The van der Waals surface area contributed by atoms with Gasteiger partial charge in [0.2, 0.25) is 0 Å². The Hall–Kier alpha value is -2.63. The lowest BCUT2D eigenvalue weighted by atomic mass is 10.1. The molecule has 0 rings (SSSR count). The topological polar surface area (TPSA) is 78.9 Å². The maximum atomic E-state index is 12.7. The Bertz CT molecular complexity index is 980. The van der Waals surface area contributed by atoms with Gasteiger partial charge in [0, 0.05) is 19.3 Å². The van der Waals surface area contributed by atoms with E-state index in [0.717, 1.165) is 109 Å². The summed E-state index contributed by atoms with van der Waals surface area (Å²) in [5.74, 6) is -0.912. The van der Waals surface area contributed by atoms with Gasteiger partial charge in [-0.15, -0.1) is 0 Å². The van der Waals surface area contributed by atoms with Crippen molar-refractivity contribution in [1.29, 1.82) is 0 Å². The van der Waals surface area contributed by atoms with E-state index >= 15 is 0 Å². The van der Waals surface area contributed by atoms with Gasteiger partial charge in [0.05, 0.1) is 0 Å². The lowest BCUT2D eigenvalue weighted by Crippen LogP contribution is -2.30. The molecule has 0 aromatic carbocycles. The van der Waals surface area contributed by atoms with Crippen LogP contribution < -0.4 is 0 Å². The van der Waals surface area contributed by atoms with Gasteiger partial charge in [0.1, 0.15) is 13.2 Å². The van der Waals surface area contributed by atoms with Gasteiger partial charge < -0.3 is 14.2 Å².